The van der Waals surface area contributed by atoms with Crippen LogP contribution in [0.3, 0.4) is 0 Å². The highest BCUT2D eigenvalue weighted by atomic mass is 32.2. The van der Waals surface area contributed by atoms with Crippen molar-refractivity contribution in [2.75, 3.05) is 13.2 Å². The molecule has 3 heterocycles. The van der Waals surface area contributed by atoms with Gasteiger partial charge in [-0.1, -0.05) is 20.8 Å². The molecule has 2 aliphatic rings. The highest BCUT2D eigenvalue weighted by molar-refractivity contribution is 7.89. The van der Waals surface area contributed by atoms with Gasteiger partial charge in [0.15, 0.2) is 0 Å². The van der Waals surface area contributed by atoms with E-state index in [2.05, 4.69) is 35.8 Å². The van der Waals surface area contributed by atoms with E-state index in [1.54, 1.807) is 19.1 Å². The Hall–Kier alpha value is -2.72. The summed E-state index contributed by atoms with van der Waals surface area (Å²) in [6.45, 7) is 10.5. The van der Waals surface area contributed by atoms with E-state index in [4.69, 9.17) is 9.72 Å². The number of ether oxygens (including phenoxy) is 1. The van der Waals surface area contributed by atoms with Crippen molar-refractivity contribution >= 4 is 27.0 Å². The van der Waals surface area contributed by atoms with Crippen LogP contribution in [0.15, 0.2) is 29.3 Å². The number of rotatable bonds is 7. The lowest BCUT2D eigenvalue weighted by molar-refractivity contribution is -0.120. The molecule has 1 N–H and O–H groups in total. The third-order valence-corrected chi connectivity index (χ3v) is 8.52. The minimum atomic E-state index is -3.94. The molecule has 0 unspecified atom stereocenters. The number of nitrogens with zero attached hydrogens (tertiary/aromatic N) is 4. The maximum absolute atomic E-state index is 13.5. The van der Waals surface area contributed by atoms with Gasteiger partial charge < -0.3 is 14.6 Å². The van der Waals surface area contributed by atoms with Crippen LogP contribution in [0.2, 0.25) is 0 Å². The van der Waals surface area contributed by atoms with E-state index >= 15 is 0 Å². The molecule has 3 aromatic rings. The van der Waals surface area contributed by atoms with Crippen LogP contribution in [0.5, 0.6) is 0 Å². The van der Waals surface area contributed by atoms with Crippen molar-refractivity contribution in [2.45, 2.75) is 82.7 Å². The minimum absolute atomic E-state index is 0.108. The summed E-state index contributed by atoms with van der Waals surface area (Å²) < 4.78 is 35.7. The second-order valence-electron chi connectivity index (χ2n) is 11.1. The maximum Gasteiger partial charge on any atom is 0.283 e. The summed E-state index contributed by atoms with van der Waals surface area (Å²) in [5, 5.41) is 7.17. The van der Waals surface area contributed by atoms with Crippen molar-refractivity contribution < 1.29 is 17.9 Å². The van der Waals surface area contributed by atoms with Crippen LogP contribution in [0, 0.1) is 12.8 Å². The predicted octanol–water partition coefficient (Wildman–Crippen LogP) is 3.32. The smallest absolute Gasteiger partial charge is 0.283 e. The number of benzene rings is 1. The fourth-order valence-electron chi connectivity index (χ4n) is 4.77. The van der Waals surface area contributed by atoms with Crippen molar-refractivity contribution in [3.05, 3.63) is 41.5 Å². The predicted molar refractivity (Wildman–Crippen MR) is 136 cm³/mol. The van der Waals surface area contributed by atoms with Crippen LogP contribution in [0.1, 0.15) is 63.5 Å². The first kappa shape index (κ1) is 25.0. The van der Waals surface area contributed by atoms with Gasteiger partial charge in [-0.3, -0.25) is 4.79 Å². The summed E-state index contributed by atoms with van der Waals surface area (Å²) >= 11 is 0. The van der Waals surface area contributed by atoms with Crippen molar-refractivity contribution in [1.82, 2.24) is 24.1 Å². The molecule has 0 bridgehead atoms. The van der Waals surface area contributed by atoms with E-state index in [1.807, 2.05) is 6.07 Å². The van der Waals surface area contributed by atoms with Gasteiger partial charge in [0.2, 0.25) is 5.91 Å². The van der Waals surface area contributed by atoms with Gasteiger partial charge in [0.05, 0.1) is 28.0 Å². The van der Waals surface area contributed by atoms with E-state index in [0.717, 1.165) is 60.9 Å². The number of aryl methyl sites for hydroxylation is 1. The van der Waals surface area contributed by atoms with Crippen LogP contribution in [-0.2, 0) is 37.9 Å². The van der Waals surface area contributed by atoms with E-state index in [1.165, 1.54) is 6.20 Å². The molecule has 10 heteroatoms. The Labute approximate surface area is 212 Å². The summed E-state index contributed by atoms with van der Waals surface area (Å²) in [5.74, 6) is 1.34. The number of amides is 1. The molecule has 36 heavy (non-hydrogen) atoms. The molecule has 0 spiro atoms. The molecule has 2 aromatic heterocycles. The monoisotopic (exact) mass is 513 g/mol. The fraction of sp³-hybridized carbons (Fsp3) is 0.577. The molecule has 2 fully saturated rings. The molecule has 0 radical (unpaired) electrons. The molecule has 1 saturated carbocycles. The molecule has 0 atom stereocenters. The molecular formula is C26H35N5O4S. The number of aromatic nitrogens is 4. The standard InChI is InChI=1S/C26H35N5O4S/c1-17-19(13-24(32)27-20-5-6-20)16-31(29-17)36(33,34)21-7-8-23-22(14-21)28-25(26(2,3)4)30(23)15-18-9-11-35-12-10-18/h7-8,14,16,18,20H,5-6,9-13,15H2,1-4H3,(H,27,32). The number of carbonyl (C=O) groups is 1. The van der Waals surface area contributed by atoms with Crippen molar-refractivity contribution in [3.8, 4) is 0 Å². The summed E-state index contributed by atoms with van der Waals surface area (Å²) in [5.41, 5.74) is 2.52. The van der Waals surface area contributed by atoms with Gasteiger partial charge in [-0.2, -0.15) is 17.6 Å². The zero-order valence-electron chi connectivity index (χ0n) is 21.5. The van der Waals surface area contributed by atoms with Crippen molar-refractivity contribution in [3.63, 3.8) is 0 Å². The second-order valence-corrected chi connectivity index (χ2v) is 12.9. The van der Waals surface area contributed by atoms with Crippen LogP contribution in [0.25, 0.3) is 11.0 Å². The highest BCUT2D eigenvalue weighted by Crippen LogP contribution is 2.31. The first-order valence-corrected chi connectivity index (χ1v) is 14.1. The van der Waals surface area contributed by atoms with Crippen molar-refractivity contribution in [2.24, 2.45) is 5.92 Å². The lowest BCUT2D eigenvalue weighted by Crippen LogP contribution is -2.27. The third-order valence-electron chi connectivity index (χ3n) is 6.99. The highest BCUT2D eigenvalue weighted by Gasteiger charge is 2.28. The van der Waals surface area contributed by atoms with Gasteiger partial charge in [0.25, 0.3) is 10.0 Å². The molecule has 9 nitrogen and oxygen atoms in total. The summed E-state index contributed by atoms with van der Waals surface area (Å²) in [6.07, 6.45) is 5.59. The summed E-state index contributed by atoms with van der Waals surface area (Å²) in [7, 11) is -3.94. The average Bonchev–Trinajstić information content (AvgIpc) is 3.44. The van der Waals surface area contributed by atoms with Gasteiger partial charge >= 0.3 is 0 Å². The number of nitrogens with one attached hydrogen (secondary N) is 1. The SMILES string of the molecule is Cc1nn(S(=O)(=O)c2ccc3c(c2)nc(C(C)(C)C)n3CC2CCOCC2)cc1CC(=O)NC1CC1. The molecular weight excluding hydrogens is 478 g/mol. The zero-order chi connectivity index (χ0) is 25.7. The molecule has 1 aliphatic carbocycles. The molecule has 1 aliphatic heterocycles. The maximum atomic E-state index is 13.5. The van der Waals surface area contributed by atoms with Gasteiger partial charge in [0, 0.05) is 43.0 Å². The second kappa shape index (κ2) is 9.30. The summed E-state index contributed by atoms with van der Waals surface area (Å²) in [6, 6.07) is 5.37. The van der Waals surface area contributed by atoms with Gasteiger partial charge in [-0.05, 0) is 56.7 Å². The Morgan fingerprint density at radius 3 is 2.56 bits per heavy atom. The fourth-order valence-corrected chi connectivity index (χ4v) is 5.98. The largest absolute Gasteiger partial charge is 0.381 e. The Bertz CT molecular complexity index is 1390. The zero-order valence-corrected chi connectivity index (χ0v) is 22.3. The minimum Gasteiger partial charge on any atom is -0.381 e. The molecule has 5 rings (SSSR count). The van der Waals surface area contributed by atoms with Crippen molar-refractivity contribution in [1.29, 1.82) is 0 Å². The number of carbonyl (C=O) groups excluding carboxylic acids is 1. The normalized spacial score (nSPS) is 17.6. The van der Waals surface area contributed by atoms with Crippen LogP contribution >= 0.6 is 0 Å². The van der Waals surface area contributed by atoms with Gasteiger partial charge in [-0.25, -0.2) is 4.98 Å². The topological polar surface area (TPSA) is 108 Å². The Morgan fingerprint density at radius 2 is 1.89 bits per heavy atom. The third kappa shape index (κ3) is 5.06. The lowest BCUT2D eigenvalue weighted by atomic mass is 9.94. The van der Waals surface area contributed by atoms with Crippen LogP contribution in [0.4, 0.5) is 0 Å². The number of hydrogen-bond acceptors (Lipinski definition) is 6. The first-order valence-electron chi connectivity index (χ1n) is 12.7. The van der Waals surface area contributed by atoms with E-state index in [9.17, 15) is 13.2 Å². The average molecular weight is 514 g/mol. The van der Waals surface area contributed by atoms with E-state index in [-0.39, 0.29) is 28.7 Å². The Morgan fingerprint density at radius 1 is 1.17 bits per heavy atom. The molecule has 1 aromatic carbocycles. The van der Waals surface area contributed by atoms with E-state index < -0.39 is 10.0 Å². The van der Waals surface area contributed by atoms with Gasteiger partial charge in [-0.15, -0.1) is 0 Å². The molecule has 1 saturated heterocycles. The van der Waals surface area contributed by atoms with E-state index in [0.29, 0.717) is 22.7 Å². The number of fused-ring (bicyclic) bond motifs is 1. The molecule has 194 valence electrons. The van der Waals surface area contributed by atoms with Crippen LogP contribution in [-0.4, -0.2) is 52.3 Å². The quantitative estimate of drug-likeness (QED) is 0.519. The lowest BCUT2D eigenvalue weighted by Gasteiger charge is -2.26. The number of hydrogen-bond donors (Lipinski definition) is 1. The summed E-state index contributed by atoms with van der Waals surface area (Å²) in [4.78, 5) is 17.3. The Kier molecular flexibility index (Phi) is 6.45. The number of imidazole rings is 1. The van der Waals surface area contributed by atoms with Gasteiger partial charge in [0.1, 0.15) is 5.82 Å². The molecule has 1 amide bonds. The van der Waals surface area contributed by atoms with Crippen LogP contribution < -0.4 is 5.32 Å². The Balaban J connectivity index is 1.46. The first-order chi connectivity index (χ1) is 17.0.